The van der Waals surface area contributed by atoms with Crippen LogP contribution in [-0.4, -0.2) is 24.0 Å². The van der Waals surface area contributed by atoms with E-state index >= 15 is 0 Å². The van der Waals surface area contributed by atoms with E-state index in [1.54, 1.807) is 18.3 Å². The molecule has 1 aliphatic rings. The number of carbonyl (C=O) groups excluding carboxylic acids is 1. The molecule has 1 aliphatic heterocycles. The van der Waals surface area contributed by atoms with Gasteiger partial charge in [-0.1, -0.05) is 30.3 Å². The standard InChI is InChI=1S/C17H18N2O2/c20-17(21-13-14-7-2-1-3-8-14)15-9-6-10-18-16(15)19-11-4-5-12-19/h1-3,6-10H,4-5,11-13H2. The zero-order valence-electron chi connectivity index (χ0n) is 11.9. The number of aromatic nitrogens is 1. The van der Waals surface area contributed by atoms with E-state index in [0.29, 0.717) is 5.56 Å². The second kappa shape index (κ2) is 6.39. The fraction of sp³-hybridized carbons (Fsp3) is 0.294. The van der Waals surface area contributed by atoms with Crippen LogP contribution in [0.4, 0.5) is 5.82 Å². The van der Waals surface area contributed by atoms with Gasteiger partial charge >= 0.3 is 5.97 Å². The van der Waals surface area contributed by atoms with Gasteiger partial charge in [0.25, 0.3) is 0 Å². The van der Waals surface area contributed by atoms with Crippen molar-refractivity contribution in [1.82, 2.24) is 4.98 Å². The molecule has 1 aromatic carbocycles. The van der Waals surface area contributed by atoms with Crippen molar-refractivity contribution < 1.29 is 9.53 Å². The highest BCUT2D eigenvalue weighted by molar-refractivity contribution is 5.94. The van der Waals surface area contributed by atoms with Crippen LogP contribution < -0.4 is 4.90 Å². The first-order valence-electron chi connectivity index (χ1n) is 7.25. The number of pyridine rings is 1. The topological polar surface area (TPSA) is 42.4 Å². The minimum atomic E-state index is -0.311. The summed E-state index contributed by atoms with van der Waals surface area (Å²) in [5.41, 5.74) is 1.53. The first kappa shape index (κ1) is 13.6. The molecule has 0 N–H and O–H groups in total. The molecule has 2 aromatic rings. The lowest BCUT2D eigenvalue weighted by atomic mass is 10.2. The van der Waals surface area contributed by atoms with Crippen molar-refractivity contribution in [2.45, 2.75) is 19.4 Å². The molecule has 1 fully saturated rings. The Balaban J connectivity index is 1.72. The van der Waals surface area contributed by atoms with Crippen LogP contribution in [0.5, 0.6) is 0 Å². The summed E-state index contributed by atoms with van der Waals surface area (Å²) >= 11 is 0. The largest absolute Gasteiger partial charge is 0.457 e. The van der Waals surface area contributed by atoms with Crippen molar-refractivity contribution in [3.05, 3.63) is 59.8 Å². The summed E-state index contributed by atoms with van der Waals surface area (Å²) in [6, 6.07) is 13.3. The first-order chi connectivity index (χ1) is 10.3. The highest BCUT2D eigenvalue weighted by atomic mass is 16.5. The number of anilines is 1. The minimum Gasteiger partial charge on any atom is -0.457 e. The Morgan fingerprint density at radius 2 is 1.86 bits per heavy atom. The maximum Gasteiger partial charge on any atom is 0.342 e. The van der Waals surface area contributed by atoms with Crippen molar-refractivity contribution in [3.63, 3.8) is 0 Å². The van der Waals surface area contributed by atoms with Crippen molar-refractivity contribution >= 4 is 11.8 Å². The SMILES string of the molecule is O=C(OCc1ccccc1)c1cccnc1N1CCCC1. The lowest BCUT2D eigenvalue weighted by molar-refractivity contribution is 0.0473. The van der Waals surface area contributed by atoms with Crippen molar-refractivity contribution in [1.29, 1.82) is 0 Å². The third-order valence-electron chi connectivity index (χ3n) is 3.62. The maximum atomic E-state index is 12.3. The summed E-state index contributed by atoms with van der Waals surface area (Å²) < 4.78 is 5.41. The molecular weight excluding hydrogens is 264 g/mol. The van der Waals surface area contributed by atoms with Gasteiger partial charge in [0.1, 0.15) is 18.0 Å². The van der Waals surface area contributed by atoms with E-state index in [4.69, 9.17) is 4.74 Å². The van der Waals surface area contributed by atoms with Gasteiger partial charge in [0.15, 0.2) is 0 Å². The molecule has 0 unspecified atom stereocenters. The van der Waals surface area contributed by atoms with Crippen LogP contribution in [0.15, 0.2) is 48.7 Å². The van der Waals surface area contributed by atoms with Gasteiger partial charge in [0.2, 0.25) is 0 Å². The third kappa shape index (κ3) is 3.21. The van der Waals surface area contributed by atoms with Crippen LogP contribution >= 0.6 is 0 Å². The molecule has 4 heteroatoms. The monoisotopic (exact) mass is 282 g/mol. The van der Waals surface area contributed by atoms with E-state index in [1.807, 2.05) is 30.3 Å². The molecule has 0 spiro atoms. The Morgan fingerprint density at radius 1 is 1.10 bits per heavy atom. The van der Waals surface area contributed by atoms with Crippen LogP contribution in [0.2, 0.25) is 0 Å². The fourth-order valence-electron chi connectivity index (χ4n) is 2.54. The number of nitrogens with zero attached hydrogens (tertiary/aromatic N) is 2. The van der Waals surface area contributed by atoms with Crippen LogP contribution in [0, 0.1) is 0 Å². The second-order valence-electron chi connectivity index (χ2n) is 5.13. The number of hydrogen-bond donors (Lipinski definition) is 0. The van der Waals surface area contributed by atoms with Gasteiger partial charge in [0.05, 0.1) is 0 Å². The Hall–Kier alpha value is -2.36. The quantitative estimate of drug-likeness (QED) is 0.808. The van der Waals surface area contributed by atoms with E-state index in [9.17, 15) is 4.79 Å². The van der Waals surface area contributed by atoms with Gasteiger partial charge in [-0.15, -0.1) is 0 Å². The molecule has 1 aromatic heterocycles. The summed E-state index contributed by atoms with van der Waals surface area (Å²) in [5.74, 6) is 0.432. The Morgan fingerprint density at radius 3 is 2.62 bits per heavy atom. The average Bonchev–Trinajstić information content (AvgIpc) is 3.08. The normalized spacial score (nSPS) is 14.2. The highest BCUT2D eigenvalue weighted by Crippen LogP contribution is 2.22. The van der Waals surface area contributed by atoms with Crippen LogP contribution in [0.1, 0.15) is 28.8 Å². The zero-order valence-corrected chi connectivity index (χ0v) is 11.9. The van der Waals surface area contributed by atoms with Gasteiger partial charge in [0, 0.05) is 19.3 Å². The molecule has 4 nitrogen and oxygen atoms in total. The lowest BCUT2D eigenvalue weighted by Crippen LogP contribution is -2.22. The molecule has 1 saturated heterocycles. The molecule has 0 radical (unpaired) electrons. The van der Waals surface area contributed by atoms with Gasteiger partial charge in [-0.3, -0.25) is 0 Å². The molecule has 2 heterocycles. The summed E-state index contributed by atoms with van der Waals surface area (Å²) in [6.07, 6.45) is 4.02. The molecule has 0 saturated carbocycles. The molecule has 0 atom stereocenters. The van der Waals surface area contributed by atoms with E-state index < -0.39 is 0 Å². The molecule has 108 valence electrons. The van der Waals surface area contributed by atoms with E-state index in [-0.39, 0.29) is 12.6 Å². The summed E-state index contributed by atoms with van der Waals surface area (Å²) in [6.45, 7) is 2.19. The third-order valence-corrected chi connectivity index (χ3v) is 3.62. The Kier molecular flexibility index (Phi) is 4.15. The molecule has 0 amide bonds. The maximum absolute atomic E-state index is 12.3. The summed E-state index contributed by atoms with van der Waals surface area (Å²) in [4.78, 5) is 18.8. The predicted molar refractivity (Wildman–Crippen MR) is 81.2 cm³/mol. The van der Waals surface area contributed by atoms with Gasteiger partial charge in [-0.05, 0) is 30.5 Å². The molecule has 3 rings (SSSR count). The van der Waals surface area contributed by atoms with Gasteiger partial charge < -0.3 is 9.64 Å². The van der Waals surface area contributed by atoms with Crippen LogP contribution in [-0.2, 0) is 11.3 Å². The summed E-state index contributed by atoms with van der Waals surface area (Å²) in [7, 11) is 0. The Labute approximate surface area is 124 Å². The molecular formula is C17H18N2O2. The van der Waals surface area contributed by atoms with E-state index in [0.717, 1.165) is 37.3 Å². The lowest BCUT2D eigenvalue weighted by Gasteiger charge is -2.18. The number of rotatable bonds is 4. The highest BCUT2D eigenvalue weighted by Gasteiger charge is 2.21. The van der Waals surface area contributed by atoms with Crippen molar-refractivity contribution in [2.75, 3.05) is 18.0 Å². The molecule has 0 bridgehead atoms. The van der Waals surface area contributed by atoms with Crippen LogP contribution in [0.25, 0.3) is 0 Å². The first-order valence-corrected chi connectivity index (χ1v) is 7.25. The second-order valence-corrected chi connectivity index (χ2v) is 5.13. The van der Waals surface area contributed by atoms with Gasteiger partial charge in [-0.2, -0.15) is 0 Å². The number of ether oxygens (including phenoxy) is 1. The van der Waals surface area contributed by atoms with Crippen molar-refractivity contribution in [3.8, 4) is 0 Å². The van der Waals surface area contributed by atoms with E-state index in [2.05, 4.69) is 9.88 Å². The smallest absolute Gasteiger partial charge is 0.342 e. The number of esters is 1. The van der Waals surface area contributed by atoms with E-state index in [1.165, 1.54) is 0 Å². The van der Waals surface area contributed by atoms with Gasteiger partial charge in [-0.25, -0.2) is 9.78 Å². The number of hydrogen-bond acceptors (Lipinski definition) is 4. The zero-order chi connectivity index (χ0) is 14.5. The number of benzene rings is 1. The fourth-order valence-corrected chi connectivity index (χ4v) is 2.54. The predicted octanol–water partition coefficient (Wildman–Crippen LogP) is 3.04. The Bertz CT molecular complexity index is 607. The molecule has 21 heavy (non-hydrogen) atoms. The van der Waals surface area contributed by atoms with Crippen LogP contribution in [0.3, 0.4) is 0 Å². The molecule has 0 aliphatic carbocycles. The average molecular weight is 282 g/mol. The minimum absolute atomic E-state index is 0.286. The summed E-state index contributed by atoms with van der Waals surface area (Å²) in [5, 5.41) is 0. The number of carbonyl (C=O) groups is 1. The van der Waals surface area contributed by atoms with Crippen molar-refractivity contribution in [2.24, 2.45) is 0 Å².